The molecule has 2 aromatic heterocycles. The minimum atomic E-state index is 0.620. The molecule has 8 nitrogen and oxygen atoms in total. The topological polar surface area (TPSA) is 85.1 Å². The molecule has 0 saturated heterocycles. The summed E-state index contributed by atoms with van der Waals surface area (Å²) in [5.41, 5.74) is 2.11. The Morgan fingerprint density at radius 1 is 1.03 bits per heavy atom. The maximum absolute atomic E-state index is 5.67. The normalized spacial score (nSPS) is 11.5. The fourth-order valence-corrected chi connectivity index (χ4v) is 3.48. The van der Waals surface area contributed by atoms with Crippen LogP contribution < -0.4 is 20.1 Å². The average molecular weight is 439 g/mol. The van der Waals surface area contributed by atoms with Crippen molar-refractivity contribution in [3.63, 3.8) is 0 Å². The molecule has 2 heterocycles. The molecule has 0 aliphatic carbocycles. The maximum Gasteiger partial charge on any atom is 0.191 e. The van der Waals surface area contributed by atoms with E-state index < -0.39 is 0 Å². The van der Waals surface area contributed by atoms with Gasteiger partial charge in [-0.3, -0.25) is 9.39 Å². The summed E-state index contributed by atoms with van der Waals surface area (Å²) >= 11 is 0. The van der Waals surface area contributed by atoms with E-state index >= 15 is 0 Å². The van der Waals surface area contributed by atoms with Crippen molar-refractivity contribution in [2.45, 2.75) is 39.5 Å². The van der Waals surface area contributed by atoms with Crippen molar-refractivity contribution in [1.82, 2.24) is 25.2 Å². The van der Waals surface area contributed by atoms with Gasteiger partial charge in [0.1, 0.15) is 5.82 Å². The third kappa shape index (κ3) is 6.60. The Morgan fingerprint density at radius 3 is 2.75 bits per heavy atom. The van der Waals surface area contributed by atoms with Crippen molar-refractivity contribution in [3.05, 3.63) is 54.0 Å². The zero-order valence-corrected chi connectivity index (χ0v) is 19.3. The first kappa shape index (κ1) is 23.4. The average Bonchev–Trinajstić information content (AvgIpc) is 3.23. The van der Waals surface area contributed by atoms with Crippen molar-refractivity contribution >= 4 is 11.6 Å². The van der Waals surface area contributed by atoms with Gasteiger partial charge >= 0.3 is 0 Å². The third-order valence-electron chi connectivity index (χ3n) is 5.02. The number of ether oxygens (including phenoxy) is 2. The molecule has 0 saturated carbocycles. The number of benzene rings is 1. The highest BCUT2D eigenvalue weighted by Gasteiger charge is 2.06. The van der Waals surface area contributed by atoms with Crippen molar-refractivity contribution < 1.29 is 9.47 Å². The van der Waals surface area contributed by atoms with E-state index in [2.05, 4.69) is 39.9 Å². The minimum absolute atomic E-state index is 0.620. The molecule has 2 N–H and O–H groups in total. The van der Waals surface area contributed by atoms with E-state index in [1.54, 1.807) is 7.11 Å². The van der Waals surface area contributed by atoms with Gasteiger partial charge in [-0.1, -0.05) is 12.1 Å². The number of aryl methyl sites for hydroxylation is 2. The summed E-state index contributed by atoms with van der Waals surface area (Å²) in [4.78, 5) is 4.71. The van der Waals surface area contributed by atoms with Crippen molar-refractivity contribution in [3.8, 4) is 11.5 Å². The van der Waals surface area contributed by atoms with Gasteiger partial charge in [0.2, 0.25) is 0 Å². The van der Waals surface area contributed by atoms with Crippen LogP contribution in [0.15, 0.2) is 47.6 Å². The fraction of sp³-hybridized carbons (Fsp3) is 0.458. The second kappa shape index (κ2) is 12.5. The Bertz CT molecular complexity index is 1000. The van der Waals surface area contributed by atoms with Crippen LogP contribution in [0.4, 0.5) is 0 Å². The Morgan fingerprint density at radius 2 is 1.94 bits per heavy atom. The second-order valence-corrected chi connectivity index (χ2v) is 7.36. The lowest BCUT2D eigenvalue weighted by molar-refractivity contribution is 0.310. The number of aromatic nitrogens is 3. The van der Waals surface area contributed by atoms with Crippen molar-refractivity contribution in [2.75, 3.05) is 33.4 Å². The van der Waals surface area contributed by atoms with Crippen LogP contribution in [-0.2, 0) is 12.8 Å². The molecule has 32 heavy (non-hydrogen) atoms. The fourth-order valence-electron chi connectivity index (χ4n) is 3.48. The number of fused-ring (bicyclic) bond motifs is 1. The molecule has 0 amide bonds. The predicted molar refractivity (Wildman–Crippen MR) is 128 cm³/mol. The molecular formula is C24H34N6O2. The zero-order valence-electron chi connectivity index (χ0n) is 19.3. The molecule has 0 aliphatic heterocycles. The van der Waals surface area contributed by atoms with E-state index in [0.29, 0.717) is 6.61 Å². The molecule has 0 radical (unpaired) electrons. The molecule has 0 unspecified atom stereocenters. The molecule has 0 fully saturated rings. The molecule has 0 bridgehead atoms. The first-order valence-electron chi connectivity index (χ1n) is 11.4. The Hall–Kier alpha value is -3.29. The summed E-state index contributed by atoms with van der Waals surface area (Å²) in [6.45, 7) is 7.08. The number of hydrogen-bond donors (Lipinski definition) is 2. The van der Waals surface area contributed by atoms with E-state index in [9.17, 15) is 0 Å². The molecule has 8 heteroatoms. The summed E-state index contributed by atoms with van der Waals surface area (Å²) in [7, 11) is 1.66. The number of rotatable bonds is 12. The molecular weight excluding hydrogens is 404 g/mol. The van der Waals surface area contributed by atoms with Gasteiger partial charge < -0.3 is 20.1 Å². The lowest BCUT2D eigenvalue weighted by Crippen LogP contribution is -2.38. The monoisotopic (exact) mass is 438 g/mol. The lowest BCUT2D eigenvalue weighted by atomic mass is 10.1. The van der Waals surface area contributed by atoms with E-state index in [0.717, 1.165) is 74.2 Å². The molecule has 0 aliphatic rings. The highest BCUT2D eigenvalue weighted by Crippen LogP contribution is 2.28. The number of nitrogens with zero attached hydrogens (tertiary/aromatic N) is 4. The summed E-state index contributed by atoms with van der Waals surface area (Å²) in [5.74, 6) is 3.40. The lowest BCUT2D eigenvalue weighted by Gasteiger charge is -2.12. The second-order valence-electron chi connectivity index (χ2n) is 7.36. The van der Waals surface area contributed by atoms with Crippen molar-refractivity contribution in [1.29, 1.82) is 0 Å². The summed E-state index contributed by atoms with van der Waals surface area (Å²) in [5, 5.41) is 15.2. The van der Waals surface area contributed by atoms with Gasteiger partial charge in [0.05, 0.1) is 13.7 Å². The van der Waals surface area contributed by atoms with Gasteiger partial charge in [-0.2, -0.15) is 0 Å². The molecule has 1 aromatic carbocycles. The number of methoxy groups -OCH3 is 1. The zero-order chi connectivity index (χ0) is 22.6. The van der Waals surface area contributed by atoms with Crippen molar-refractivity contribution in [2.24, 2.45) is 4.99 Å². The van der Waals surface area contributed by atoms with Gasteiger partial charge in [0.15, 0.2) is 23.1 Å². The Labute approximate surface area is 190 Å². The minimum Gasteiger partial charge on any atom is -0.493 e. The molecule has 0 atom stereocenters. The van der Waals surface area contributed by atoms with Crippen LogP contribution in [0, 0.1) is 0 Å². The van der Waals surface area contributed by atoms with E-state index in [1.807, 2.05) is 41.8 Å². The number of hydrogen-bond acceptors (Lipinski definition) is 5. The van der Waals surface area contributed by atoms with Crippen LogP contribution in [0.2, 0.25) is 0 Å². The number of aliphatic imine (C=N–C) groups is 1. The van der Waals surface area contributed by atoms with Gasteiger partial charge in [-0.05, 0) is 62.9 Å². The molecule has 172 valence electrons. The number of nitrogens with one attached hydrogen (secondary N) is 2. The molecule has 3 aromatic rings. The van der Waals surface area contributed by atoms with Crippen LogP contribution in [0.1, 0.15) is 38.1 Å². The smallest absolute Gasteiger partial charge is 0.191 e. The molecule has 0 spiro atoms. The summed E-state index contributed by atoms with van der Waals surface area (Å²) < 4.78 is 13.1. The quantitative estimate of drug-likeness (QED) is 0.257. The first-order valence-corrected chi connectivity index (χ1v) is 11.4. The van der Waals surface area contributed by atoms with Crippen LogP contribution in [-0.4, -0.2) is 53.9 Å². The SMILES string of the molecule is CCNC(=NCCCc1ccc(OC)c(OCC)c1)NCCCc1nnc2ccccn12. The largest absolute Gasteiger partial charge is 0.493 e. The van der Waals surface area contributed by atoms with Gasteiger partial charge in [0.25, 0.3) is 0 Å². The highest BCUT2D eigenvalue weighted by atomic mass is 16.5. The summed E-state index contributed by atoms with van der Waals surface area (Å²) in [6.07, 6.45) is 5.71. The van der Waals surface area contributed by atoms with Gasteiger partial charge in [0, 0.05) is 32.3 Å². The Balaban J connectivity index is 1.44. The first-order chi connectivity index (χ1) is 15.7. The molecule has 3 rings (SSSR count). The highest BCUT2D eigenvalue weighted by molar-refractivity contribution is 5.79. The maximum atomic E-state index is 5.67. The third-order valence-corrected chi connectivity index (χ3v) is 5.02. The van der Waals surface area contributed by atoms with Gasteiger partial charge in [-0.15, -0.1) is 10.2 Å². The van der Waals surface area contributed by atoms with Crippen LogP contribution in [0.5, 0.6) is 11.5 Å². The summed E-state index contributed by atoms with van der Waals surface area (Å²) in [6, 6.07) is 12.0. The van der Waals surface area contributed by atoms with E-state index in [-0.39, 0.29) is 0 Å². The van der Waals surface area contributed by atoms with E-state index in [1.165, 1.54) is 5.56 Å². The van der Waals surface area contributed by atoms with Crippen LogP contribution >= 0.6 is 0 Å². The van der Waals surface area contributed by atoms with E-state index in [4.69, 9.17) is 14.5 Å². The van der Waals surface area contributed by atoms with Crippen LogP contribution in [0.3, 0.4) is 0 Å². The number of guanidine groups is 1. The van der Waals surface area contributed by atoms with Gasteiger partial charge in [-0.25, -0.2) is 0 Å². The number of pyridine rings is 1. The standard InChI is InChI=1S/C24H34N6O2/c1-4-25-24(27-16-9-12-23-29-28-22-11-6-7-17-30(22)23)26-15-8-10-19-13-14-20(31-3)21(18-19)32-5-2/h6-7,11,13-14,17-18H,4-5,8-10,12,15-16H2,1-3H3,(H2,25,26,27). The predicted octanol–water partition coefficient (Wildman–Crippen LogP) is 3.26. The van der Waals surface area contributed by atoms with Crippen LogP contribution in [0.25, 0.3) is 5.65 Å². The Kier molecular flexibility index (Phi) is 9.16.